The van der Waals surface area contributed by atoms with Gasteiger partial charge in [-0.3, -0.25) is 4.40 Å². The van der Waals surface area contributed by atoms with Crippen LogP contribution < -0.4 is 4.90 Å². The zero-order chi connectivity index (χ0) is 15.1. The van der Waals surface area contributed by atoms with Gasteiger partial charge in [-0.05, 0) is 25.2 Å². The van der Waals surface area contributed by atoms with Crippen molar-refractivity contribution in [2.24, 2.45) is 5.92 Å². The van der Waals surface area contributed by atoms with E-state index >= 15 is 0 Å². The van der Waals surface area contributed by atoms with E-state index in [4.69, 9.17) is 4.74 Å². The molecule has 2 aliphatic rings. The van der Waals surface area contributed by atoms with Crippen molar-refractivity contribution in [3.05, 3.63) is 24.2 Å². The maximum Gasteiger partial charge on any atom is 0.354 e. The normalized spacial score (nSPS) is 22.7. The molecule has 0 amide bonds. The fraction of sp³-hybridized carbons (Fsp3) is 0.533. The average molecular weight is 302 g/mol. The molecule has 7 heteroatoms. The number of carboxylic acid groups (broad SMARTS) is 1. The summed E-state index contributed by atoms with van der Waals surface area (Å²) in [7, 11) is 0. The highest BCUT2D eigenvalue weighted by molar-refractivity contribution is 5.87. The summed E-state index contributed by atoms with van der Waals surface area (Å²) in [5.74, 6) is 0.313. The summed E-state index contributed by atoms with van der Waals surface area (Å²) in [5, 5.41) is 9.24. The summed E-state index contributed by atoms with van der Waals surface area (Å²) < 4.78 is 7.78. The Kier molecular flexibility index (Phi) is 3.22. The molecule has 3 heterocycles. The van der Waals surface area contributed by atoms with Crippen molar-refractivity contribution in [3.8, 4) is 0 Å². The molecule has 0 bridgehead atoms. The number of hydrogen-bond donors (Lipinski definition) is 1. The van der Waals surface area contributed by atoms with Gasteiger partial charge in [0.15, 0.2) is 5.69 Å². The lowest BCUT2D eigenvalue weighted by atomic mass is 10.1. The Morgan fingerprint density at radius 3 is 2.95 bits per heavy atom. The maximum atomic E-state index is 11.3. The van der Waals surface area contributed by atoms with E-state index in [-0.39, 0.29) is 5.69 Å². The van der Waals surface area contributed by atoms with E-state index in [1.807, 2.05) is 10.6 Å². The third-order valence-electron chi connectivity index (χ3n) is 4.40. The number of imidazole rings is 1. The van der Waals surface area contributed by atoms with E-state index in [0.29, 0.717) is 36.8 Å². The lowest BCUT2D eigenvalue weighted by Crippen LogP contribution is -2.29. The van der Waals surface area contributed by atoms with E-state index in [1.54, 1.807) is 6.20 Å². The molecule has 2 fully saturated rings. The van der Waals surface area contributed by atoms with Gasteiger partial charge in [-0.15, -0.1) is 0 Å². The summed E-state index contributed by atoms with van der Waals surface area (Å²) >= 11 is 0. The van der Waals surface area contributed by atoms with Crippen LogP contribution in [0.4, 0.5) is 5.95 Å². The number of rotatable bonds is 3. The number of nitrogens with zero attached hydrogens (tertiary/aromatic N) is 4. The van der Waals surface area contributed by atoms with E-state index in [0.717, 1.165) is 13.0 Å². The molecule has 1 aliphatic heterocycles. The molecule has 2 aromatic rings. The minimum absolute atomic E-state index is 0.0256. The topological polar surface area (TPSA) is 80.0 Å². The highest BCUT2D eigenvalue weighted by Crippen LogP contribution is 2.36. The number of anilines is 1. The molecule has 1 unspecified atom stereocenters. The second-order valence-electron chi connectivity index (χ2n) is 5.92. The predicted molar refractivity (Wildman–Crippen MR) is 79.2 cm³/mol. The number of fused-ring (bicyclic) bond motifs is 1. The van der Waals surface area contributed by atoms with Crippen LogP contribution >= 0.6 is 0 Å². The van der Waals surface area contributed by atoms with Gasteiger partial charge in [-0.2, -0.15) is 0 Å². The molecule has 1 aliphatic carbocycles. The Balaban J connectivity index is 1.66. The second-order valence-corrected chi connectivity index (χ2v) is 5.92. The van der Waals surface area contributed by atoms with E-state index in [2.05, 4.69) is 14.9 Å². The van der Waals surface area contributed by atoms with Crippen LogP contribution in [0.1, 0.15) is 29.8 Å². The lowest BCUT2D eigenvalue weighted by molar-refractivity contribution is 0.0494. The zero-order valence-electron chi connectivity index (χ0n) is 12.2. The van der Waals surface area contributed by atoms with Gasteiger partial charge in [-0.25, -0.2) is 14.8 Å². The number of aromatic nitrogens is 3. The van der Waals surface area contributed by atoms with Gasteiger partial charge in [0.2, 0.25) is 5.95 Å². The summed E-state index contributed by atoms with van der Waals surface area (Å²) in [5.41, 5.74) is 0.629. The first-order chi connectivity index (χ1) is 10.7. The minimum Gasteiger partial charge on any atom is -0.477 e. The number of hydrogen-bond acceptors (Lipinski definition) is 5. The van der Waals surface area contributed by atoms with Gasteiger partial charge in [0.25, 0.3) is 0 Å². The fourth-order valence-electron chi connectivity index (χ4n) is 3.07. The van der Waals surface area contributed by atoms with Gasteiger partial charge >= 0.3 is 5.97 Å². The third kappa shape index (κ3) is 2.41. The van der Waals surface area contributed by atoms with Crippen molar-refractivity contribution >= 4 is 17.6 Å². The highest BCUT2D eigenvalue weighted by Gasteiger charge is 2.33. The van der Waals surface area contributed by atoms with Gasteiger partial charge < -0.3 is 14.7 Å². The SMILES string of the molecule is O=C(O)c1cc2nccn2c(N2CCOC(C3CC3)CC2)n1. The van der Waals surface area contributed by atoms with Gasteiger partial charge in [0.1, 0.15) is 5.65 Å². The quantitative estimate of drug-likeness (QED) is 0.924. The summed E-state index contributed by atoms with van der Waals surface area (Å²) in [6.45, 7) is 2.19. The molecule has 0 spiro atoms. The van der Waals surface area contributed by atoms with Crippen molar-refractivity contribution in [1.29, 1.82) is 0 Å². The van der Waals surface area contributed by atoms with E-state index in [9.17, 15) is 9.90 Å². The standard InChI is InChI=1S/C15H18N4O3/c20-14(21)11-9-13-16-4-6-19(13)15(17-11)18-5-3-12(10-1-2-10)22-8-7-18/h4,6,9-10,12H,1-3,5,7-8H2,(H,20,21). The van der Waals surface area contributed by atoms with Crippen LogP contribution in [0.5, 0.6) is 0 Å². The molecule has 4 rings (SSSR count). The smallest absolute Gasteiger partial charge is 0.354 e. The first-order valence-corrected chi connectivity index (χ1v) is 7.66. The van der Waals surface area contributed by atoms with Crippen molar-refractivity contribution < 1.29 is 14.6 Å². The summed E-state index contributed by atoms with van der Waals surface area (Å²) in [6.07, 6.45) is 7.30. The van der Waals surface area contributed by atoms with Crippen LogP contribution in [0, 0.1) is 5.92 Å². The third-order valence-corrected chi connectivity index (χ3v) is 4.40. The van der Waals surface area contributed by atoms with Crippen molar-refractivity contribution in [2.45, 2.75) is 25.4 Å². The fourth-order valence-corrected chi connectivity index (χ4v) is 3.07. The molecule has 1 saturated heterocycles. The van der Waals surface area contributed by atoms with E-state index in [1.165, 1.54) is 18.9 Å². The van der Waals surface area contributed by atoms with Gasteiger partial charge in [0, 0.05) is 31.5 Å². The molecule has 1 saturated carbocycles. The summed E-state index contributed by atoms with van der Waals surface area (Å²) in [4.78, 5) is 21.9. The van der Waals surface area contributed by atoms with Gasteiger partial charge in [0.05, 0.1) is 12.7 Å². The molecule has 7 nitrogen and oxygen atoms in total. The lowest BCUT2D eigenvalue weighted by Gasteiger charge is -2.22. The Morgan fingerprint density at radius 2 is 2.18 bits per heavy atom. The van der Waals surface area contributed by atoms with Crippen LogP contribution in [-0.4, -0.2) is 51.2 Å². The van der Waals surface area contributed by atoms with Crippen LogP contribution in [0.3, 0.4) is 0 Å². The predicted octanol–water partition coefficient (Wildman–Crippen LogP) is 1.43. The Morgan fingerprint density at radius 1 is 1.32 bits per heavy atom. The van der Waals surface area contributed by atoms with Crippen molar-refractivity contribution in [3.63, 3.8) is 0 Å². The second kappa shape index (κ2) is 5.24. The van der Waals surface area contributed by atoms with E-state index < -0.39 is 5.97 Å². The van der Waals surface area contributed by atoms with Crippen LogP contribution in [0.15, 0.2) is 18.5 Å². The summed E-state index contributed by atoms with van der Waals surface area (Å²) in [6, 6.07) is 1.49. The minimum atomic E-state index is -1.03. The monoisotopic (exact) mass is 302 g/mol. The average Bonchev–Trinajstić information content (AvgIpc) is 3.27. The van der Waals surface area contributed by atoms with Crippen molar-refractivity contribution in [2.75, 3.05) is 24.6 Å². The molecule has 0 radical (unpaired) electrons. The van der Waals surface area contributed by atoms with Crippen LogP contribution in [0.25, 0.3) is 5.65 Å². The van der Waals surface area contributed by atoms with Crippen LogP contribution in [-0.2, 0) is 4.74 Å². The zero-order valence-corrected chi connectivity index (χ0v) is 12.2. The molecule has 1 N–H and O–H groups in total. The first-order valence-electron chi connectivity index (χ1n) is 7.66. The Bertz CT molecular complexity index is 710. The number of carboxylic acids is 1. The molecular formula is C15H18N4O3. The molecule has 1 atom stereocenters. The number of ether oxygens (including phenoxy) is 1. The Labute approximate surface area is 127 Å². The Hall–Kier alpha value is -2.15. The molecule has 22 heavy (non-hydrogen) atoms. The molecular weight excluding hydrogens is 284 g/mol. The first kappa shape index (κ1) is 13.5. The number of aromatic carboxylic acids is 1. The maximum absolute atomic E-state index is 11.3. The molecule has 2 aromatic heterocycles. The largest absolute Gasteiger partial charge is 0.477 e. The van der Waals surface area contributed by atoms with Crippen LogP contribution in [0.2, 0.25) is 0 Å². The molecule has 116 valence electrons. The van der Waals surface area contributed by atoms with Gasteiger partial charge in [-0.1, -0.05) is 0 Å². The number of carbonyl (C=O) groups is 1. The highest BCUT2D eigenvalue weighted by atomic mass is 16.5. The van der Waals surface area contributed by atoms with Crippen molar-refractivity contribution in [1.82, 2.24) is 14.4 Å². The molecule has 0 aromatic carbocycles.